The zero-order chi connectivity index (χ0) is 12.3. The van der Waals surface area contributed by atoms with Crippen LogP contribution in [0.2, 0.25) is 0 Å². The van der Waals surface area contributed by atoms with Crippen LogP contribution in [0.3, 0.4) is 0 Å². The van der Waals surface area contributed by atoms with Crippen molar-refractivity contribution in [3.8, 4) is 0 Å². The third-order valence-corrected chi connectivity index (χ3v) is 3.16. The van der Waals surface area contributed by atoms with E-state index < -0.39 is 0 Å². The van der Waals surface area contributed by atoms with Gasteiger partial charge in [-0.15, -0.1) is 0 Å². The quantitative estimate of drug-likeness (QED) is 0.856. The summed E-state index contributed by atoms with van der Waals surface area (Å²) in [5, 5.41) is 3.39. The van der Waals surface area contributed by atoms with Crippen LogP contribution in [0.5, 0.6) is 0 Å². The predicted molar refractivity (Wildman–Crippen MR) is 65.5 cm³/mol. The number of hydrogen-bond acceptors (Lipinski definition) is 4. The Balaban J connectivity index is 1.96. The average Bonchev–Trinajstić information content (AvgIpc) is 2.86. The minimum Gasteiger partial charge on any atom is -0.445 e. The summed E-state index contributed by atoms with van der Waals surface area (Å²) in [6.45, 7) is 9.17. The van der Waals surface area contributed by atoms with Gasteiger partial charge in [0.25, 0.3) is 0 Å². The highest BCUT2D eigenvalue weighted by atomic mass is 16.5. The summed E-state index contributed by atoms with van der Waals surface area (Å²) in [6, 6.07) is 0. The molecule has 0 saturated carbocycles. The summed E-state index contributed by atoms with van der Waals surface area (Å²) in [4.78, 5) is 4.28. The van der Waals surface area contributed by atoms with E-state index in [1.54, 1.807) is 0 Å². The van der Waals surface area contributed by atoms with Gasteiger partial charge < -0.3 is 14.5 Å². The van der Waals surface area contributed by atoms with Crippen LogP contribution in [0.1, 0.15) is 44.8 Å². The minimum atomic E-state index is 0.0911. The Bertz CT molecular complexity index is 349. The molecule has 1 aliphatic rings. The molecule has 0 spiro atoms. The van der Waals surface area contributed by atoms with Gasteiger partial charge in [0, 0.05) is 13.2 Å². The molecule has 2 rings (SSSR count). The molecule has 17 heavy (non-hydrogen) atoms. The van der Waals surface area contributed by atoms with Crippen LogP contribution in [-0.4, -0.2) is 18.1 Å². The lowest BCUT2D eigenvalue weighted by atomic mass is 10.0. The molecule has 1 aromatic rings. The van der Waals surface area contributed by atoms with Gasteiger partial charge >= 0.3 is 0 Å². The van der Waals surface area contributed by atoms with Crippen molar-refractivity contribution in [2.75, 3.05) is 13.2 Å². The second-order valence-corrected chi connectivity index (χ2v) is 5.25. The number of aromatic nitrogens is 1. The molecule has 0 bridgehead atoms. The smallest absolute Gasteiger partial charge is 0.181 e. The molecule has 4 heteroatoms. The number of nitrogens with one attached hydrogen (secondary N) is 1. The average molecular weight is 238 g/mol. The maximum Gasteiger partial charge on any atom is 0.181 e. The molecule has 0 aliphatic carbocycles. The summed E-state index contributed by atoms with van der Waals surface area (Å²) >= 11 is 0. The normalized spacial score (nSPS) is 24.7. The van der Waals surface area contributed by atoms with E-state index in [0.717, 1.165) is 37.6 Å². The van der Waals surface area contributed by atoms with Gasteiger partial charge in [0.15, 0.2) is 12.2 Å². The number of hydrogen-bond donors (Lipinski definition) is 1. The molecule has 1 aromatic heterocycles. The molecule has 0 aromatic carbocycles. The van der Waals surface area contributed by atoms with Crippen LogP contribution in [0.4, 0.5) is 0 Å². The van der Waals surface area contributed by atoms with E-state index in [0.29, 0.717) is 11.8 Å². The summed E-state index contributed by atoms with van der Waals surface area (Å²) in [5.74, 6) is 2.07. The monoisotopic (exact) mass is 238 g/mol. The second kappa shape index (κ2) is 5.65. The molecular weight excluding hydrogens is 216 g/mol. The lowest BCUT2D eigenvalue weighted by molar-refractivity contribution is 0.0749. The van der Waals surface area contributed by atoms with Gasteiger partial charge in [-0.2, -0.15) is 0 Å². The standard InChI is InChI=1S/C13H22N2O2/c1-9(2)6-14-7-11-13(17-8-15-11)12-10(3)4-5-16-12/h8-10,12,14H,4-7H2,1-3H3. The fourth-order valence-corrected chi connectivity index (χ4v) is 2.15. The highest BCUT2D eigenvalue weighted by Crippen LogP contribution is 2.35. The van der Waals surface area contributed by atoms with E-state index >= 15 is 0 Å². The largest absolute Gasteiger partial charge is 0.445 e. The van der Waals surface area contributed by atoms with Crippen molar-refractivity contribution >= 4 is 0 Å². The summed E-state index contributed by atoms with van der Waals surface area (Å²) in [7, 11) is 0. The van der Waals surface area contributed by atoms with Crippen LogP contribution in [0.15, 0.2) is 10.8 Å². The van der Waals surface area contributed by atoms with Gasteiger partial charge in [-0.3, -0.25) is 0 Å². The van der Waals surface area contributed by atoms with E-state index in [1.165, 1.54) is 6.39 Å². The van der Waals surface area contributed by atoms with Crippen LogP contribution in [0.25, 0.3) is 0 Å². The van der Waals surface area contributed by atoms with E-state index in [1.807, 2.05) is 0 Å². The molecule has 0 radical (unpaired) electrons. The van der Waals surface area contributed by atoms with Crippen molar-refractivity contribution in [3.63, 3.8) is 0 Å². The summed E-state index contributed by atoms with van der Waals surface area (Å²) in [6.07, 6.45) is 2.72. The van der Waals surface area contributed by atoms with Crippen molar-refractivity contribution in [1.82, 2.24) is 10.3 Å². The predicted octanol–water partition coefficient (Wildman–Crippen LogP) is 2.52. The second-order valence-electron chi connectivity index (χ2n) is 5.25. The SMILES string of the molecule is CC(C)CNCc1ncoc1C1OCCC1C. The first-order valence-electron chi connectivity index (χ1n) is 6.43. The van der Waals surface area contributed by atoms with Crippen molar-refractivity contribution in [1.29, 1.82) is 0 Å². The van der Waals surface area contributed by atoms with Gasteiger partial charge in [0.05, 0.1) is 5.69 Å². The van der Waals surface area contributed by atoms with E-state index in [4.69, 9.17) is 9.15 Å². The highest BCUT2D eigenvalue weighted by Gasteiger charge is 2.30. The van der Waals surface area contributed by atoms with Crippen molar-refractivity contribution in [2.45, 2.75) is 39.8 Å². The molecule has 1 aliphatic heterocycles. The number of rotatable bonds is 5. The summed E-state index contributed by atoms with van der Waals surface area (Å²) in [5.41, 5.74) is 0.990. The maximum absolute atomic E-state index is 5.72. The van der Waals surface area contributed by atoms with Crippen LogP contribution < -0.4 is 5.32 Å². The van der Waals surface area contributed by atoms with Crippen LogP contribution in [-0.2, 0) is 11.3 Å². The van der Waals surface area contributed by atoms with Gasteiger partial charge in [0.1, 0.15) is 6.10 Å². The fourth-order valence-electron chi connectivity index (χ4n) is 2.15. The maximum atomic E-state index is 5.72. The zero-order valence-electron chi connectivity index (χ0n) is 10.9. The third-order valence-electron chi connectivity index (χ3n) is 3.16. The van der Waals surface area contributed by atoms with E-state index in [9.17, 15) is 0 Å². The topological polar surface area (TPSA) is 47.3 Å². The zero-order valence-corrected chi connectivity index (χ0v) is 10.9. The van der Waals surface area contributed by atoms with Gasteiger partial charge in [-0.25, -0.2) is 4.98 Å². The first kappa shape index (κ1) is 12.6. The van der Waals surface area contributed by atoms with Crippen molar-refractivity contribution < 1.29 is 9.15 Å². The first-order valence-corrected chi connectivity index (χ1v) is 6.43. The molecular formula is C13H22N2O2. The number of ether oxygens (including phenoxy) is 1. The lowest BCUT2D eigenvalue weighted by Gasteiger charge is -2.13. The molecule has 2 heterocycles. The molecule has 2 unspecified atom stereocenters. The fraction of sp³-hybridized carbons (Fsp3) is 0.769. The molecule has 0 amide bonds. The molecule has 1 N–H and O–H groups in total. The van der Waals surface area contributed by atoms with Gasteiger partial charge in [-0.1, -0.05) is 20.8 Å². The Morgan fingerprint density at radius 3 is 3.00 bits per heavy atom. The Labute approximate surface area is 103 Å². The highest BCUT2D eigenvalue weighted by molar-refractivity contribution is 5.12. The van der Waals surface area contributed by atoms with E-state index in [2.05, 4.69) is 31.1 Å². The molecule has 4 nitrogen and oxygen atoms in total. The molecule has 2 atom stereocenters. The number of nitrogens with zero attached hydrogens (tertiary/aromatic N) is 1. The van der Waals surface area contributed by atoms with E-state index in [-0.39, 0.29) is 6.10 Å². The minimum absolute atomic E-state index is 0.0911. The van der Waals surface area contributed by atoms with Crippen molar-refractivity contribution in [3.05, 3.63) is 17.8 Å². The third kappa shape index (κ3) is 3.07. The van der Waals surface area contributed by atoms with Crippen LogP contribution >= 0.6 is 0 Å². The molecule has 96 valence electrons. The van der Waals surface area contributed by atoms with Gasteiger partial charge in [0.2, 0.25) is 0 Å². The summed E-state index contributed by atoms with van der Waals surface area (Å²) < 4.78 is 11.2. The molecule has 1 fully saturated rings. The Kier molecular flexibility index (Phi) is 4.18. The number of oxazole rings is 1. The Hall–Kier alpha value is -0.870. The lowest BCUT2D eigenvalue weighted by Crippen LogP contribution is -2.20. The molecule has 1 saturated heterocycles. The Morgan fingerprint density at radius 2 is 2.35 bits per heavy atom. The van der Waals surface area contributed by atoms with Gasteiger partial charge in [-0.05, 0) is 24.8 Å². The van der Waals surface area contributed by atoms with Crippen LogP contribution in [0, 0.1) is 11.8 Å². The first-order chi connectivity index (χ1) is 8.18. The Morgan fingerprint density at radius 1 is 1.53 bits per heavy atom. The van der Waals surface area contributed by atoms with Crippen molar-refractivity contribution in [2.24, 2.45) is 11.8 Å².